The Morgan fingerprint density at radius 3 is 2.76 bits per heavy atom. The van der Waals surface area contributed by atoms with E-state index in [-0.39, 0.29) is 17.2 Å². The molecule has 1 fully saturated rings. The molecule has 2 aliphatic rings. The molecule has 2 aliphatic heterocycles. The lowest BCUT2D eigenvalue weighted by Crippen LogP contribution is -2.45. The maximum absolute atomic E-state index is 12.7. The van der Waals surface area contributed by atoms with Crippen molar-refractivity contribution in [3.05, 3.63) is 65.2 Å². The minimum atomic E-state index is -0.423. The molecule has 2 heterocycles. The van der Waals surface area contributed by atoms with Gasteiger partial charge in [-0.3, -0.25) is 9.59 Å². The molecule has 1 N–H and O–H groups in total. The first kappa shape index (κ1) is 16.0. The van der Waals surface area contributed by atoms with Crippen LogP contribution >= 0.6 is 11.8 Å². The maximum atomic E-state index is 12.7. The molecule has 0 aliphatic carbocycles. The molecule has 0 unspecified atom stereocenters. The molecule has 2 aromatic rings. The number of benzene rings is 2. The largest absolute Gasteiger partial charge is 0.497 e. The van der Waals surface area contributed by atoms with E-state index in [0.717, 1.165) is 16.9 Å². The molecule has 2 amide bonds. The molecule has 2 aromatic carbocycles. The van der Waals surface area contributed by atoms with Gasteiger partial charge < -0.3 is 15.0 Å². The van der Waals surface area contributed by atoms with Crippen molar-refractivity contribution in [2.24, 2.45) is 0 Å². The second-order valence-corrected chi connectivity index (χ2v) is 7.18. The number of ether oxygens (including phenoxy) is 1. The molecule has 0 saturated carbocycles. The summed E-state index contributed by atoms with van der Waals surface area (Å²) < 4.78 is 5.13. The van der Waals surface area contributed by atoms with E-state index in [4.69, 9.17) is 4.74 Å². The molecule has 25 heavy (non-hydrogen) atoms. The van der Waals surface area contributed by atoms with Crippen LogP contribution in [0.1, 0.15) is 26.9 Å². The number of amides is 2. The van der Waals surface area contributed by atoms with E-state index in [0.29, 0.717) is 17.9 Å². The number of methoxy groups -OCH3 is 1. The fraction of sp³-hybridized carbons (Fsp3) is 0.263. The third-order valence-electron chi connectivity index (χ3n) is 4.62. The fourth-order valence-electron chi connectivity index (χ4n) is 3.29. The molecule has 0 radical (unpaired) electrons. The van der Waals surface area contributed by atoms with Crippen LogP contribution in [0.4, 0.5) is 0 Å². The molecule has 6 heteroatoms. The van der Waals surface area contributed by atoms with E-state index in [1.54, 1.807) is 23.8 Å². The first-order valence-electron chi connectivity index (χ1n) is 8.13. The number of hydrogen-bond donors (Lipinski definition) is 1. The third kappa shape index (κ3) is 2.76. The van der Waals surface area contributed by atoms with Crippen molar-refractivity contribution in [3.8, 4) is 5.75 Å². The van der Waals surface area contributed by atoms with Crippen molar-refractivity contribution in [3.63, 3.8) is 0 Å². The van der Waals surface area contributed by atoms with E-state index in [9.17, 15) is 9.59 Å². The zero-order chi connectivity index (χ0) is 17.4. The van der Waals surface area contributed by atoms with E-state index in [1.165, 1.54) is 0 Å². The van der Waals surface area contributed by atoms with Crippen LogP contribution in [0.2, 0.25) is 0 Å². The summed E-state index contributed by atoms with van der Waals surface area (Å²) in [6.45, 7) is 0.434. The van der Waals surface area contributed by atoms with Crippen molar-refractivity contribution >= 4 is 23.6 Å². The lowest BCUT2D eigenvalue weighted by atomic mass is 10.1. The van der Waals surface area contributed by atoms with Gasteiger partial charge in [-0.2, -0.15) is 0 Å². The summed E-state index contributed by atoms with van der Waals surface area (Å²) in [5.74, 6) is 1.26. The van der Waals surface area contributed by atoms with Crippen molar-refractivity contribution in [2.75, 3.05) is 12.9 Å². The quantitative estimate of drug-likeness (QED) is 0.917. The molecular formula is C19H18N2O3S. The van der Waals surface area contributed by atoms with Crippen molar-refractivity contribution in [2.45, 2.75) is 18.0 Å². The van der Waals surface area contributed by atoms with Crippen LogP contribution in [0, 0.1) is 0 Å². The Morgan fingerprint density at radius 2 is 2.00 bits per heavy atom. The van der Waals surface area contributed by atoms with Crippen LogP contribution < -0.4 is 10.1 Å². The highest BCUT2D eigenvalue weighted by atomic mass is 32.2. The Labute approximate surface area is 150 Å². The first-order chi connectivity index (χ1) is 12.2. The van der Waals surface area contributed by atoms with Gasteiger partial charge in [0.15, 0.2) is 0 Å². The second-order valence-electron chi connectivity index (χ2n) is 6.07. The van der Waals surface area contributed by atoms with Gasteiger partial charge in [0.25, 0.3) is 5.91 Å². The van der Waals surface area contributed by atoms with Gasteiger partial charge in [-0.1, -0.05) is 30.3 Å². The van der Waals surface area contributed by atoms with Crippen LogP contribution in [-0.4, -0.2) is 35.6 Å². The van der Waals surface area contributed by atoms with Crippen molar-refractivity contribution in [1.29, 1.82) is 0 Å². The summed E-state index contributed by atoms with van der Waals surface area (Å²) in [5, 5.41) is 2.91. The number of nitrogens with one attached hydrogen (secondary N) is 1. The molecule has 1 saturated heterocycles. The standard InChI is InChI=1S/C19H18N2O3S/c1-24-13-8-6-12(7-9-13)10-20-17(22)16-11-25-19-15-5-3-2-4-14(15)18(23)21(16)19/h2-9,16,19H,10-11H2,1H3,(H,20,22)/t16-,19-/m1/s1. The summed E-state index contributed by atoms with van der Waals surface area (Å²) in [6.07, 6.45) is 0. The summed E-state index contributed by atoms with van der Waals surface area (Å²) in [5.41, 5.74) is 2.72. The maximum Gasteiger partial charge on any atom is 0.256 e. The van der Waals surface area contributed by atoms with Crippen LogP contribution in [0.15, 0.2) is 48.5 Å². The molecule has 4 rings (SSSR count). The number of hydrogen-bond acceptors (Lipinski definition) is 4. The highest BCUT2D eigenvalue weighted by Crippen LogP contribution is 2.48. The lowest BCUT2D eigenvalue weighted by Gasteiger charge is -2.22. The number of carbonyl (C=O) groups excluding carboxylic acids is 2. The zero-order valence-corrected chi connectivity index (χ0v) is 14.6. The summed E-state index contributed by atoms with van der Waals surface area (Å²) in [4.78, 5) is 27.0. The highest BCUT2D eigenvalue weighted by molar-refractivity contribution is 7.99. The molecule has 2 atom stereocenters. The number of nitrogens with zero attached hydrogens (tertiary/aromatic N) is 1. The first-order valence-corrected chi connectivity index (χ1v) is 9.18. The van der Waals surface area contributed by atoms with E-state index in [2.05, 4.69) is 5.32 Å². The summed E-state index contributed by atoms with van der Waals surface area (Å²) in [6, 6.07) is 14.8. The molecule has 5 nitrogen and oxygen atoms in total. The topological polar surface area (TPSA) is 58.6 Å². The second kappa shape index (κ2) is 6.44. The molecule has 0 bridgehead atoms. The minimum Gasteiger partial charge on any atom is -0.497 e. The Morgan fingerprint density at radius 1 is 1.24 bits per heavy atom. The molecule has 0 spiro atoms. The van der Waals surface area contributed by atoms with Gasteiger partial charge in [0, 0.05) is 17.9 Å². The van der Waals surface area contributed by atoms with Crippen molar-refractivity contribution < 1.29 is 14.3 Å². The van der Waals surface area contributed by atoms with Gasteiger partial charge in [0.05, 0.1) is 7.11 Å². The Balaban J connectivity index is 1.44. The van der Waals surface area contributed by atoms with Gasteiger partial charge in [0.1, 0.15) is 17.2 Å². The van der Waals surface area contributed by atoms with E-state index in [1.807, 2.05) is 48.5 Å². The molecule has 0 aromatic heterocycles. The lowest BCUT2D eigenvalue weighted by molar-refractivity contribution is -0.124. The zero-order valence-electron chi connectivity index (χ0n) is 13.8. The van der Waals surface area contributed by atoms with Crippen LogP contribution in [0.5, 0.6) is 5.75 Å². The van der Waals surface area contributed by atoms with Crippen LogP contribution in [0.3, 0.4) is 0 Å². The summed E-state index contributed by atoms with van der Waals surface area (Å²) in [7, 11) is 1.62. The predicted octanol–water partition coefficient (Wildman–Crippen LogP) is 2.58. The number of rotatable bonds is 4. The van der Waals surface area contributed by atoms with Gasteiger partial charge in [-0.05, 0) is 29.3 Å². The van der Waals surface area contributed by atoms with Gasteiger partial charge in [0.2, 0.25) is 5.91 Å². The number of carbonyl (C=O) groups is 2. The minimum absolute atomic E-state index is 0.0413. The Kier molecular flexibility index (Phi) is 4.13. The average Bonchev–Trinajstić information content (AvgIpc) is 3.21. The van der Waals surface area contributed by atoms with E-state index < -0.39 is 6.04 Å². The SMILES string of the molecule is COc1ccc(CNC(=O)[C@H]2CS[C@@H]3c4ccccc4C(=O)N23)cc1. The summed E-state index contributed by atoms with van der Waals surface area (Å²) >= 11 is 1.65. The van der Waals surface area contributed by atoms with Crippen LogP contribution in [0.25, 0.3) is 0 Å². The smallest absolute Gasteiger partial charge is 0.256 e. The Hall–Kier alpha value is -2.47. The third-order valence-corrected chi connectivity index (χ3v) is 5.93. The van der Waals surface area contributed by atoms with Crippen molar-refractivity contribution in [1.82, 2.24) is 10.2 Å². The average molecular weight is 354 g/mol. The fourth-order valence-corrected chi connectivity index (χ4v) is 4.76. The molecule has 128 valence electrons. The Bertz CT molecular complexity index is 822. The predicted molar refractivity (Wildman–Crippen MR) is 96.4 cm³/mol. The highest BCUT2D eigenvalue weighted by Gasteiger charge is 2.48. The van der Waals surface area contributed by atoms with Gasteiger partial charge >= 0.3 is 0 Å². The van der Waals surface area contributed by atoms with Crippen LogP contribution in [-0.2, 0) is 11.3 Å². The monoisotopic (exact) mass is 354 g/mol. The van der Waals surface area contributed by atoms with Gasteiger partial charge in [-0.15, -0.1) is 11.8 Å². The van der Waals surface area contributed by atoms with Gasteiger partial charge in [-0.25, -0.2) is 0 Å². The number of fused-ring (bicyclic) bond motifs is 3. The normalized spacial score (nSPS) is 21.0. The molecular weight excluding hydrogens is 336 g/mol. The number of thioether (sulfide) groups is 1. The van der Waals surface area contributed by atoms with E-state index >= 15 is 0 Å².